The molecule has 0 fully saturated rings. The molecule has 0 heterocycles. The van der Waals surface area contributed by atoms with E-state index in [1.54, 1.807) is 24.3 Å². The monoisotopic (exact) mass is 285 g/mol. The molecule has 2 amide bonds. The summed E-state index contributed by atoms with van der Waals surface area (Å²) in [5.41, 5.74) is 5.79. The Hall–Kier alpha value is -1.33. The first kappa shape index (κ1) is 14.7. The van der Waals surface area contributed by atoms with Crippen LogP contribution in [0.25, 0.3) is 0 Å². The number of nitrogens with one attached hydrogen (secondary N) is 2. The van der Waals surface area contributed by atoms with Crippen molar-refractivity contribution >= 4 is 40.5 Å². The fourth-order valence-corrected chi connectivity index (χ4v) is 1.39. The van der Waals surface area contributed by atoms with E-state index >= 15 is 0 Å². The molecule has 0 aromatic heterocycles. The maximum absolute atomic E-state index is 11.6. The minimum Gasteiger partial charge on any atom is -0.393 e. The molecule has 4 nitrogen and oxygen atoms in total. The van der Waals surface area contributed by atoms with Gasteiger partial charge in [0.25, 0.3) is 0 Å². The van der Waals surface area contributed by atoms with Gasteiger partial charge in [0.15, 0.2) is 0 Å². The van der Waals surface area contributed by atoms with Crippen LogP contribution < -0.4 is 16.4 Å². The van der Waals surface area contributed by atoms with Gasteiger partial charge in [0.05, 0.1) is 4.99 Å². The fraction of sp³-hybridized carbons (Fsp3) is 0.333. The largest absolute Gasteiger partial charge is 0.393 e. The minimum atomic E-state index is -0.416. The van der Waals surface area contributed by atoms with Crippen molar-refractivity contribution in [2.75, 3.05) is 11.9 Å². The first-order valence-electron chi connectivity index (χ1n) is 5.41. The lowest BCUT2D eigenvalue weighted by Crippen LogP contribution is -2.42. The lowest BCUT2D eigenvalue weighted by Gasteiger charge is -2.23. The van der Waals surface area contributed by atoms with Crippen LogP contribution in [0.1, 0.15) is 13.8 Å². The molecule has 18 heavy (non-hydrogen) atoms. The maximum Gasteiger partial charge on any atom is 0.319 e. The standard InChI is InChI=1S/C12H16ClN3OS/c1-12(2,10(14)18)7-15-11(17)16-9-5-3-4-8(13)6-9/h3-6H,7H2,1-2H3,(H2,14,18)(H2,15,16,17). The Kier molecular flexibility index (Phi) is 4.93. The predicted molar refractivity (Wildman–Crippen MR) is 79.0 cm³/mol. The average molecular weight is 286 g/mol. The molecule has 1 aromatic carbocycles. The molecular formula is C12H16ClN3OS. The molecule has 0 aliphatic carbocycles. The lowest BCUT2D eigenvalue weighted by atomic mass is 9.94. The van der Waals surface area contributed by atoms with E-state index in [-0.39, 0.29) is 6.03 Å². The van der Waals surface area contributed by atoms with Gasteiger partial charge in [-0.3, -0.25) is 0 Å². The van der Waals surface area contributed by atoms with Gasteiger partial charge in [-0.2, -0.15) is 0 Å². The van der Waals surface area contributed by atoms with Crippen molar-refractivity contribution in [1.82, 2.24) is 5.32 Å². The summed E-state index contributed by atoms with van der Waals surface area (Å²) >= 11 is 10.7. The van der Waals surface area contributed by atoms with Crippen molar-refractivity contribution < 1.29 is 4.79 Å². The van der Waals surface area contributed by atoms with Crippen LogP contribution in [0.4, 0.5) is 10.5 Å². The molecule has 1 rings (SSSR count). The van der Waals surface area contributed by atoms with Crippen molar-refractivity contribution in [2.45, 2.75) is 13.8 Å². The number of hydrogen-bond donors (Lipinski definition) is 3. The topological polar surface area (TPSA) is 67.2 Å². The van der Waals surface area contributed by atoms with E-state index in [0.717, 1.165) is 0 Å². The third-order valence-electron chi connectivity index (χ3n) is 2.44. The van der Waals surface area contributed by atoms with Crippen molar-refractivity contribution in [1.29, 1.82) is 0 Å². The summed E-state index contributed by atoms with van der Waals surface area (Å²) in [6.45, 7) is 4.11. The number of anilines is 1. The zero-order valence-corrected chi connectivity index (χ0v) is 11.9. The van der Waals surface area contributed by atoms with Crippen LogP contribution in [-0.2, 0) is 0 Å². The third-order valence-corrected chi connectivity index (χ3v) is 3.23. The van der Waals surface area contributed by atoms with E-state index in [1.165, 1.54) is 0 Å². The summed E-state index contributed by atoms with van der Waals surface area (Å²) in [5.74, 6) is 0. The minimum absolute atomic E-state index is 0.318. The van der Waals surface area contributed by atoms with Gasteiger partial charge in [-0.1, -0.05) is 43.7 Å². The van der Waals surface area contributed by atoms with Crippen LogP contribution in [0, 0.1) is 5.41 Å². The molecule has 0 saturated heterocycles. The maximum atomic E-state index is 11.6. The Bertz CT molecular complexity index is 462. The van der Waals surface area contributed by atoms with Crippen LogP contribution in [0.15, 0.2) is 24.3 Å². The molecule has 0 atom stereocenters. The molecule has 1 aromatic rings. The summed E-state index contributed by atoms with van der Waals surface area (Å²) in [7, 11) is 0. The number of nitrogens with two attached hydrogens (primary N) is 1. The van der Waals surface area contributed by atoms with Gasteiger partial charge >= 0.3 is 6.03 Å². The Morgan fingerprint density at radius 2 is 2.17 bits per heavy atom. The van der Waals surface area contributed by atoms with Gasteiger partial charge in [0.2, 0.25) is 0 Å². The van der Waals surface area contributed by atoms with E-state index in [2.05, 4.69) is 10.6 Å². The predicted octanol–water partition coefficient (Wildman–Crippen LogP) is 2.77. The average Bonchev–Trinajstić information content (AvgIpc) is 2.26. The van der Waals surface area contributed by atoms with Crippen LogP contribution in [0.3, 0.4) is 0 Å². The van der Waals surface area contributed by atoms with Gasteiger partial charge in [0.1, 0.15) is 0 Å². The van der Waals surface area contributed by atoms with Crippen LogP contribution >= 0.6 is 23.8 Å². The SMILES string of the molecule is CC(C)(CNC(=O)Nc1cccc(Cl)c1)C(N)=S. The molecule has 6 heteroatoms. The van der Waals surface area contributed by atoms with Crippen LogP contribution in [0.5, 0.6) is 0 Å². The zero-order valence-electron chi connectivity index (χ0n) is 10.3. The molecule has 0 radical (unpaired) electrons. The number of carbonyl (C=O) groups excluding carboxylic acids is 1. The van der Waals surface area contributed by atoms with E-state index in [0.29, 0.717) is 22.2 Å². The first-order chi connectivity index (χ1) is 8.31. The molecule has 0 unspecified atom stereocenters. The number of halogens is 1. The summed E-state index contributed by atoms with van der Waals surface area (Å²) in [4.78, 5) is 12.0. The molecule has 0 aliphatic heterocycles. The van der Waals surface area contributed by atoms with Crippen molar-refractivity contribution in [3.63, 3.8) is 0 Å². The van der Waals surface area contributed by atoms with Crippen molar-refractivity contribution in [3.8, 4) is 0 Å². The number of urea groups is 1. The second-order valence-corrected chi connectivity index (χ2v) is 5.44. The van der Waals surface area contributed by atoms with E-state index in [4.69, 9.17) is 29.6 Å². The number of benzene rings is 1. The molecule has 0 bridgehead atoms. The van der Waals surface area contributed by atoms with E-state index in [1.807, 2.05) is 13.8 Å². The number of rotatable bonds is 4. The summed E-state index contributed by atoms with van der Waals surface area (Å²) < 4.78 is 0. The highest BCUT2D eigenvalue weighted by atomic mass is 35.5. The Balaban J connectivity index is 2.50. The quantitative estimate of drug-likeness (QED) is 0.745. The van der Waals surface area contributed by atoms with Crippen molar-refractivity contribution in [3.05, 3.63) is 29.3 Å². The zero-order chi connectivity index (χ0) is 13.8. The fourth-order valence-electron chi connectivity index (χ4n) is 1.13. The highest BCUT2D eigenvalue weighted by Gasteiger charge is 2.21. The number of thiocarbonyl (C=S) groups is 1. The highest BCUT2D eigenvalue weighted by Crippen LogP contribution is 2.15. The number of hydrogen-bond acceptors (Lipinski definition) is 2. The Morgan fingerprint density at radius 1 is 1.50 bits per heavy atom. The van der Waals surface area contributed by atoms with Crippen LogP contribution in [0.2, 0.25) is 5.02 Å². The second kappa shape index (κ2) is 6.02. The molecular weight excluding hydrogens is 270 g/mol. The summed E-state index contributed by atoms with van der Waals surface area (Å²) in [6.07, 6.45) is 0. The lowest BCUT2D eigenvalue weighted by molar-refractivity contribution is 0.249. The summed E-state index contributed by atoms with van der Waals surface area (Å²) in [6, 6.07) is 6.60. The Labute approximate surface area is 117 Å². The van der Waals surface area contributed by atoms with Gasteiger partial charge in [-0.15, -0.1) is 0 Å². The molecule has 98 valence electrons. The summed E-state index contributed by atoms with van der Waals surface area (Å²) in [5, 5.41) is 5.95. The third kappa shape index (κ3) is 4.50. The van der Waals surface area contributed by atoms with Crippen molar-refractivity contribution in [2.24, 2.45) is 11.1 Å². The second-order valence-electron chi connectivity index (χ2n) is 4.57. The smallest absolute Gasteiger partial charge is 0.319 e. The molecule has 0 saturated carbocycles. The number of carbonyl (C=O) groups is 1. The normalized spacial score (nSPS) is 10.8. The molecule has 0 spiro atoms. The number of amides is 2. The van der Waals surface area contributed by atoms with E-state index in [9.17, 15) is 4.79 Å². The molecule has 0 aliphatic rings. The van der Waals surface area contributed by atoms with E-state index < -0.39 is 5.41 Å². The van der Waals surface area contributed by atoms with Gasteiger partial charge in [-0.05, 0) is 18.2 Å². The van der Waals surface area contributed by atoms with Gasteiger partial charge in [0, 0.05) is 22.7 Å². The first-order valence-corrected chi connectivity index (χ1v) is 6.20. The highest BCUT2D eigenvalue weighted by molar-refractivity contribution is 7.80. The molecule has 4 N–H and O–H groups in total. The van der Waals surface area contributed by atoms with Gasteiger partial charge in [-0.25, -0.2) is 4.79 Å². The van der Waals surface area contributed by atoms with Gasteiger partial charge < -0.3 is 16.4 Å². The van der Waals surface area contributed by atoms with Crippen LogP contribution in [-0.4, -0.2) is 17.6 Å². The Morgan fingerprint density at radius 3 is 2.72 bits per heavy atom.